The van der Waals surface area contributed by atoms with Gasteiger partial charge < -0.3 is 15.4 Å². The van der Waals surface area contributed by atoms with Crippen molar-refractivity contribution in [2.24, 2.45) is 0 Å². The third-order valence-electron chi connectivity index (χ3n) is 2.85. The second kappa shape index (κ2) is 5.97. The summed E-state index contributed by atoms with van der Waals surface area (Å²) in [5, 5.41) is 10.4. The SMILES string of the molecule is Nc1cccc(C(O)c2ccccc2CS(=O)[O-])c1. The van der Waals surface area contributed by atoms with Crippen molar-refractivity contribution in [1.82, 2.24) is 0 Å². The Balaban J connectivity index is 2.38. The lowest BCUT2D eigenvalue weighted by Gasteiger charge is -2.17. The van der Waals surface area contributed by atoms with Gasteiger partial charge >= 0.3 is 0 Å². The lowest BCUT2D eigenvalue weighted by molar-refractivity contribution is 0.219. The zero-order valence-corrected chi connectivity index (χ0v) is 11.0. The summed E-state index contributed by atoms with van der Waals surface area (Å²) in [6.07, 6.45) is -0.886. The summed E-state index contributed by atoms with van der Waals surface area (Å²) in [5.41, 5.74) is 8.05. The van der Waals surface area contributed by atoms with E-state index < -0.39 is 17.2 Å². The number of rotatable bonds is 4. The molecule has 2 aromatic carbocycles. The van der Waals surface area contributed by atoms with Crippen molar-refractivity contribution in [2.45, 2.75) is 11.9 Å². The Labute approximate surface area is 114 Å². The highest BCUT2D eigenvalue weighted by molar-refractivity contribution is 7.78. The number of aliphatic hydroxyl groups is 1. The summed E-state index contributed by atoms with van der Waals surface area (Å²) in [5.74, 6) is -0.116. The molecule has 0 radical (unpaired) electrons. The highest BCUT2D eigenvalue weighted by Crippen LogP contribution is 2.26. The topological polar surface area (TPSA) is 86.4 Å². The number of hydrogen-bond donors (Lipinski definition) is 2. The van der Waals surface area contributed by atoms with Crippen LogP contribution in [0, 0.1) is 0 Å². The summed E-state index contributed by atoms with van der Waals surface area (Å²) in [6.45, 7) is 0. The summed E-state index contributed by atoms with van der Waals surface area (Å²) in [4.78, 5) is 0. The lowest BCUT2D eigenvalue weighted by Crippen LogP contribution is -2.06. The van der Waals surface area contributed by atoms with Crippen LogP contribution in [-0.2, 0) is 16.8 Å². The number of hydrogen-bond acceptors (Lipinski definition) is 4. The fourth-order valence-electron chi connectivity index (χ4n) is 1.97. The first-order valence-electron chi connectivity index (χ1n) is 5.75. The highest BCUT2D eigenvalue weighted by Gasteiger charge is 2.14. The van der Waals surface area contributed by atoms with Gasteiger partial charge in [0.2, 0.25) is 0 Å². The average Bonchev–Trinajstić information content (AvgIpc) is 2.38. The van der Waals surface area contributed by atoms with Gasteiger partial charge in [0.25, 0.3) is 0 Å². The monoisotopic (exact) mass is 276 g/mol. The summed E-state index contributed by atoms with van der Waals surface area (Å²) < 4.78 is 21.7. The molecule has 0 amide bonds. The van der Waals surface area contributed by atoms with E-state index in [-0.39, 0.29) is 5.75 Å². The predicted molar refractivity (Wildman–Crippen MR) is 74.0 cm³/mol. The van der Waals surface area contributed by atoms with E-state index in [0.29, 0.717) is 22.4 Å². The molecule has 0 aromatic heterocycles. The van der Waals surface area contributed by atoms with Crippen LogP contribution in [0.4, 0.5) is 5.69 Å². The minimum atomic E-state index is -2.19. The molecule has 0 heterocycles. The lowest BCUT2D eigenvalue weighted by atomic mass is 9.97. The fraction of sp³-hybridized carbons (Fsp3) is 0.143. The first-order valence-corrected chi connectivity index (χ1v) is 6.99. The van der Waals surface area contributed by atoms with Crippen LogP contribution < -0.4 is 5.73 Å². The molecule has 100 valence electrons. The highest BCUT2D eigenvalue weighted by atomic mass is 32.2. The van der Waals surface area contributed by atoms with E-state index in [0.717, 1.165) is 0 Å². The second-order valence-electron chi connectivity index (χ2n) is 4.22. The maximum Gasteiger partial charge on any atom is 0.104 e. The minimum Gasteiger partial charge on any atom is -0.772 e. The van der Waals surface area contributed by atoms with Gasteiger partial charge in [-0.05, 0) is 28.8 Å². The molecule has 0 saturated heterocycles. The average molecular weight is 276 g/mol. The molecular formula is C14H14NO3S-. The molecule has 2 aromatic rings. The van der Waals surface area contributed by atoms with Crippen molar-refractivity contribution in [2.75, 3.05) is 5.73 Å². The molecule has 0 bridgehead atoms. The second-order valence-corrected chi connectivity index (χ2v) is 5.12. The maximum absolute atomic E-state index is 10.8. The number of benzene rings is 2. The molecule has 2 rings (SSSR count). The third kappa shape index (κ3) is 3.41. The first-order chi connectivity index (χ1) is 9.08. The fourth-order valence-corrected chi connectivity index (χ4v) is 2.48. The van der Waals surface area contributed by atoms with E-state index in [1.54, 1.807) is 48.5 Å². The molecule has 0 aliphatic carbocycles. The molecular weight excluding hydrogens is 262 g/mol. The molecule has 0 spiro atoms. The number of nitrogens with two attached hydrogens (primary N) is 1. The Morgan fingerprint density at radius 2 is 1.95 bits per heavy atom. The Bertz CT molecular complexity index is 601. The Kier molecular flexibility index (Phi) is 4.31. The largest absolute Gasteiger partial charge is 0.772 e. The Morgan fingerprint density at radius 3 is 2.63 bits per heavy atom. The van der Waals surface area contributed by atoms with Gasteiger partial charge in [-0.2, -0.15) is 0 Å². The van der Waals surface area contributed by atoms with Crippen LogP contribution >= 0.6 is 0 Å². The van der Waals surface area contributed by atoms with Gasteiger partial charge in [0.1, 0.15) is 6.10 Å². The number of anilines is 1. The molecule has 4 nitrogen and oxygen atoms in total. The first kappa shape index (κ1) is 13.7. The summed E-state index contributed by atoms with van der Waals surface area (Å²) in [6, 6.07) is 13.8. The third-order valence-corrected chi connectivity index (χ3v) is 3.40. The van der Waals surface area contributed by atoms with Gasteiger partial charge in [-0.1, -0.05) is 47.5 Å². The molecule has 5 heteroatoms. The van der Waals surface area contributed by atoms with E-state index >= 15 is 0 Å². The molecule has 0 fully saturated rings. The normalized spacial score (nSPS) is 14.0. The number of nitrogen functional groups attached to an aromatic ring is 1. The van der Waals surface area contributed by atoms with E-state index in [1.165, 1.54) is 0 Å². The smallest absolute Gasteiger partial charge is 0.104 e. The van der Waals surface area contributed by atoms with Crippen molar-refractivity contribution in [3.8, 4) is 0 Å². The van der Waals surface area contributed by atoms with Gasteiger partial charge in [0.15, 0.2) is 0 Å². The van der Waals surface area contributed by atoms with Crippen molar-refractivity contribution < 1.29 is 13.9 Å². The number of aliphatic hydroxyl groups excluding tert-OH is 1. The van der Waals surface area contributed by atoms with Gasteiger partial charge in [-0.25, -0.2) is 0 Å². The predicted octanol–water partition coefficient (Wildman–Crippen LogP) is 1.73. The van der Waals surface area contributed by atoms with Crippen LogP contribution in [0.15, 0.2) is 48.5 Å². The molecule has 3 N–H and O–H groups in total. The zero-order chi connectivity index (χ0) is 13.8. The van der Waals surface area contributed by atoms with Crippen molar-refractivity contribution in [3.05, 3.63) is 65.2 Å². The molecule has 2 atom stereocenters. The van der Waals surface area contributed by atoms with Crippen molar-refractivity contribution in [1.29, 1.82) is 0 Å². The van der Waals surface area contributed by atoms with E-state index in [9.17, 15) is 13.9 Å². The van der Waals surface area contributed by atoms with Gasteiger partial charge in [-0.15, -0.1) is 0 Å². The minimum absolute atomic E-state index is 0.116. The van der Waals surface area contributed by atoms with Crippen LogP contribution in [0.1, 0.15) is 22.8 Å². The summed E-state index contributed by atoms with van der Waals surface area (Å²) >= 11 is -2.19. The van der Waals surface area contributed by atoms with Gasteiger partial charge in [-0.3, -0.25) is 4.21 Å². The molecule has 0 aliphatic rings. The molecule has 0 aliphatic heterocycles. The van der Waals surface area contributed by atoms with Crippen molar-refractivity contribution >= 4 is 16.8 Å². The van der Waals surface area contributed by atoms with Gasteiger partial charge in [0.05, 0.1) is 0 Å². The standard InChI is InChI=1S/C14H15NO3S/c15-12-6-3-5-10(8-12)14(16)13-7-2-1-4-11(13)9-19(17)18/h1-8,14,16H,9,15H2,(H,17,18)/p-1. The molecule has 2 unspecified atom stereocenters. The van der Waals surface area contributed by atoms with E-state index in [1.807, 2.05) is 0 Å². The Hall–Kier alpha value is -1.69. The summed E-state index contributed by atoms with van der Waals surface area (Å²) in [7, 11) is 0. The van der Waals surface area contributed by atoms with E-state index in [4.69, 9.17) is 5.73 Å². The Morgan fingerprint density at radius 1 is 1.21 bits per heavy atom. The van der Waals surface area contributed by atoms with Crippen LogP contribution in [0.3, 0.4) is 0 Å². The van der Waals surface area contributed by atoms with Gasteiger partial charge in [0, 0.05) is 11.4 Å². The quantitative estimate of drug-likeness (QED) is 0.657. The van der Waals surface area contributed by atoms with Crippen LogP contribution in [0.2, 0.25) is 0 Å². The van der Waals surface area contributed by atoms with Crippen LogP contribution in [0.25, 0.3) is 0 Å². The maximum atomic E-state index is 10.8. The van der Waals surface area contributed by atoms with Crippen LogP contribution in [-0.4, -0.2) is 13.9 Å². The van der Waals surface area contributed by atoms with E-state index in [2.05, 4.69) is 0 Å². The molecule has 0 saturated carbocycles. The van der Waals surface area contributed by atoms with Crippen molar-refractivity contribution in [3.63, 3.8) is 0 Å². The van der Waals surface area contributed by atoms with Crippen LogP contribution in [0.5, 0.6) is 0 Å². The molecule has 19 heavy (non-hydrogen) atoms. The zero-order valence-electron chi connectivity index (χ0n) is 10.2.